The molecule has 0 unspecified atom stereocenters. The maximum Gasteiger partial charge on any atom is 0.0619 e. The van der Waals surface area contributed by atoms with Gasteiger partial charge in [-0.05, 0) is 102 Å². The van der Waals surface area contributed by atoms with E-state index in [-0.39, 0.29) is 0 Å². The second-order valence-corrected chi connectivity index (χ2v) is 17.0. The highest BCUT2D eigenvalue weighted by atomic mass is 32.1. The standard InChI is InChI=1S/C52H34N2S2/c1-2-10-40-35(9-1)21-28-44-41-11-3-6-14-47(41)54(52(40)44)37-24-19-34(20-25-37)33-17-22-36(23-18-33)53(38-26-29-50-45(31-38)42-12-4-7-15-48(42)55-50)39-27-30-51-46(32-39)43-13-5-8-16-49(43)56-51/h1-26,28-29,31-32H,27,30H2. The number of para-hydroxylation sites is 1. The van der Waals surface area contributed by atoms with E-state index in [0.29, 0.717) is 0 Å². The Bertz CT molecular complexity index is 3360. The van der Waals surface area contributed by atoms with Gasteiger partial charge in [-0.2, -0.15) is 0 Å². The molecule has 0 N–H and O–H groups in total. The van der Waals surface area contributed by atoms with Crippen LogP contribution in [0.5, 0.6) is 0 Å². The largest absolute Gasteiger partial charge is 0.314 e. The predicted octanol–water partition coefficient (Wildman–Crippen LogP) is 15.3. The van der Waals surface area contributed by atoms with Gasteiger partial charge >= 0.3 is 0 Å². The van der Waals surface area contributed by atoms with Gasteiger partial charge < -0.3 is 9.47 Å². The lowest BCUT2D eigenvalue weighted by Crippen LogP contribution is -2.18. The van der Waals surface area contributed by atoms with Crippen LogP contribution in [0.1, 0.15) is 16.9 Å². The molecule has 0 fully saturated rings. The lowest BCUT2D eigenvalue weighted by molar-refractivity contribution is 0.912. The van der Waals surface area contributed by atoms with Gasteiger partial charge in [-0.1, -0.05) is 115 Å². The maximum absolute atomic E-state index is 2.50. The van der Waals surface area contributed by atoms with E-state index in [2.05, 4.69) is 191 Å². The summed E-state index contributed by atoms with van der Waals surface area (Å²) >= 11 is 3.82. The van der Waals surface area contributed by atoms with Crippen LogP contribution in [-0.2, 0) is 6.42 Å². The third-order valence-corrected chi connectivity index (χ3v) is 14.1. The van der Waals surface area contributed by atoms with Crippen LogP contribution in [0.2, 0.25) is 0 Å². The van der Waals surface area contributed by atoms with Crippen LogP contribution >= 0.6 is 22.7 Å². The minimum Gasteiger partial charge on any atom is -0.314 e. The van der Waals surface area contributed by atoms with Crippen molar-refractivity contribution in [3.8, 4) is 16.8 Å². The number of hydrogen-bond acceptors (Lipinski definition) is 3. The number of rotatable bonds is 5. The highest BCUT2D eigenvalue weighted by molar-refractivity contribution is 7.25. The van der Waals surface area contributed by atoms with Crippen molar-refractivity contribution in [2.45, 2.75) is 12.8 Å². The first-order valence-electron chi connectivity index (χ1n) is 19.3. The minimum absolute atomic E-state index is 0.990. The Labute approximate surface area is 332 Å². The van der Waals surface area contributed by atoms with Crippen molar-refractivity contribution in [3.05, 3.63) is 192 Å². The summed E-state index contributed by atoms with van der Waals surface area (Å²) in [6.45, 7) is 0. The number of aryl methyl sites for hydroxylation is 1. The molecule has 1 aliphatic carbocycles. The van der Waals surface area contributed by atoms with E-state index in [1.54, 1.807) is 0 Å². The molecule has 0 radical (unpaired) electrons. The summed E-state index contributed by atoms with van der Waals surface area (Å²) in [4.78, 5) is 3.99. The predicted molar refractivity (Wildman–Crippen MR) is 243 cm³/mol. The highest BCUT2D eigenvalue weighted by Gasteiger charge is 2.23. The van der Waals surface area contributed by atoms with E-state index >= 15 is 0 Å². The Balaban J connectivity index is 0.954. The number of hydrogen-bond donors (Lipinski definition) is 0. The molecular weight excluding hydrogens is 717 g/mol. The second-order valence-electron chi connectivity index (χ2n) is 14.8. The molecule has 0 saturated carbocycles. The lowest BCUT2D eigenvalue weighted by Gasteiger charge is -2.30. The van der Waals surface area contributed by atoms with E-state index in [1.165, 1.54) is 107 Å². The maximum atomic E-state index is 2.50. The summed E-state index contributed by atoms with van der Waals surface area (Å²) in [6, 6.07) is 65.0. The molecule has 0 spiro atoms. The molecule has 0 bridgehead atoms. The van der Waals surface area contributed by atoms with Gasteiger partial charge in [-0.15, -0.1) is 22.7 Å². The number of benzene rings is 8. The Kier molecular flexibility index (Phi) is 7.13. The number of aromatic nitrogens is 1. The number of nitrogens with zero attached hydrogens (tertiary/aromatic N) is 2. The van der Waals surface area contributed by atoms with Crippen molar-refractivity contribution < 1.29 is 0 Å². The summed E-state index contributed by atoms with van der Waals surface area (Å²) in [7, 11) is 0. The average molecular weight is 751 g/mol. The molecule has 12 rings (SSSR count). The third-order valence-electron chi connectivity index (χ3n) is 11.7. The van der Waals surface area contributed by atoms with E-state index in [4.69, 9.17) is 0 Å². The quantitative estimate of drug-likeness (QED) is 0.170. The molecule has 2 nitrogen and oxygen atoms in total. The molecule has 1 aliphatic rings. The van der Waals surface area contributed by atoms with Gasteiger partial charge in [0.05, 0.1) is 11.0 Å². The van der Waals surface area contributed by atoms with Crippen LogP contribution in [0.25, 0.3) is 85.7 Å². The Hall–Kier alpha value is -6.46. The van der Waals surface area contributed by atoms with E-state index in [0.717, 1.165) is 12.8 Å². The number of thiophene rings is 2. The van der Waals surface area contributed by atoms with Crippen molar-refractivity contribution >= 4 is 103 Å². The zero-order valence-electron chi connectivity index (χ0n) is 30.4. The van der Waals surface area contributed by atoms with Crippen molar-refractivity contribution in [3.63, 3.8) is 0 Å². The topological polar surface area (TPSA) is 8.17 Å². The van der Waals surface area contributed by atoms with Crippen molar-refractivity contribution in [1.82, 2.24) is 4.57 Å². The summed E-state index contributed by atoms with van der Waals surface area (Å²) in [6.07, 6.45) is 4.49. The average Bonchev–Trinajstić information content (AvgIpc) is 3.94. The molecule has 3 heterocycles. The van der Waals surface area contributed by atoms with Crippen LogP contribution in [0.15, 0.2) is 182 Å². The van der Waals surface area contributed by atoms with Crippen LogP contribution < -0.4 is 4.90 Å². The van der Waals surface area contributed by atoms with Gasteiger partial charge in [0.1, 0.15) is 0 Å². The Morgan fingerprint density at radius 2 is 1.09 bits per heavy atom. The number of fused-ring (bicyclic) bond motifs is 11. The van der Waals surface area contributed by atoms with E-state index in [1.807, 2.05) is 22.7 Å². The molecule has 264 valence electrons. The van der Waals surface area contributed by atoms with Gasteiger partial charge in [-0.3, -0.25) is 0 Å². The molecule has 56 heavy (non-hydrogen) atoms. The van der Waals surface area contributed by atoms with Crippen LogP contribution in [0.4, 0.5) is 11.4 Å². The number of allylic oxidation sites excluding steroid dienone is 1. The van der Waals surface area contributed by atoms with E-state index in [9.17, 15) is 0 Å². The van der Waals surface area contributed by atoms with Crippen molar-refractivity contribution in [2.75, 3.05) is 4.90 Å². The van der Waals surface area contributed by atoms with Crippen molar-refractivity contribution in [1.29, 1.82) is 0 Å². The summed E-state index contributed by atoms with van der Waals surface area (Å²) in [5, 5.41) is 9.09. The Morgan fingerprint density at radius 3 is 1.91 bits per heavy atom. The zero-order valence-corrected chi connectivity index (χ0v) is 32.1. The van der Waals surface area contributed by atoms with Gasteiger partial charge in [0.15, 0.2) is 0 Å². The molecule has 11 aromatic rings. The molecule has 0 saturated heterocycles. The summed E-state index contributed by atoms with van der Waals surface area (Å²) in [5.41, 5.74) is 11.1. The monoisotopic (exact) mass is 750 g/mol. The normalized spacial score (nSPS) is 13.0. The molecule has 8 aromatic carbocycles. The van der Waals surface area contributed by atoms with Crippen LogP contribution in [0, 0.1) is 0 Å². The van der Waals surface area contributed by atoms with E-state index < -0.39 is 0 Å². The third kappa shape index (κ3) is 4.93. The molecule has 0 aliphatic heterocycles. The highest BCUT2D eigenvalue weighted by Crippen LogP contribution is 2.44. The first-order valence-corrected chi connectivity index (χ1v) is 20.9. The molecule has 0 amide bonds. The molecule has 3 aromatic heterocycles. The fourth-order valence-corrected chi connectivity index (χ4v) is 11.3. The van der Waals surface area contributed by atoms with Crippen LogP contribution in [0.3, 0.4) is 0 Å². The molecule has 0 atom stereocenters. The minimum atomic E-state index is 0.990. The second kappa shape index (κ2) is 12.5. The fraction of sp³-hybridized carbons (Fsp3) is 0.0385. The smallest absolute Gasteiger partial charge is 0.0619 e. The number of anilines is 2. The van der Waals surface area contributed by atoms with Gasteiger partial charge in [0, 0.05) is 74.1 Å². The van der Waals surface area contributed by atoms with Crippen molar-refractivity contribution in [2.24, 2.45) is 0 Å². The molecule has 4 heteroatoms. The zero-order chi connectivity index (χ0) is 36.7. The lowest BCUT2D eigenvalue weighted by atomic mass is 9.98. The van der Waals surface area contributed by atoms with Gasteiger partial charge in [-0.25, -0.2) is 0 Å². The van der Waals surface area contributed by atoms with Gasteiger partial charge in [0.2, 0.25) is 0 Å². The first-order chi connectivity index (χ1) is 27.7. The van der Waals surface area contributed by atoms with Gasteiger partial charge in [0.25, 0.3) is 0 Å². The SMILES string of the molecule is C1=C(N(c2ccc(-c3ccc(-n4c5ccccc5c5ccc6ccccc6c54)cc3)cc2)c2ccc3sc4ccccc4c3c2)CCc2sc3ccccc3c21. The Morgan fingerprint density at radius 1 is 0.446 bits per heavy atom. The van der Waals surface area contributed by atoms with Crippen LogP contribution in [-0.4, -0.2) is 4.57 Å². The summed E-state index contributed by atoms with van der Waals surface area (Å²) < 4.78 is 6.46. The summed E-state index contributed by atoms with van der Waals surface area (Å²) in [5.74, 6) is 0. The first kappa shape index (κ1) is 31.8. The fourth-order valence-electron chi connectivity index (χ4n) is 9.05. The molecular formula is C52H34N2S2.